The van der Waals surface area contributed by atoms with E-state index in [1.807, 2.05) is 0 Å². The molecule has 24 heavy (non-hydrogen) atoms. The third-order valence-electron chi connectivity index (χ3n) is 3.46. The monoisotopic (exact) mass is 334 g/mol. The zero-order chi connectivity index (χ0) is 17.5. The minimum atomic E-state index is -4.57. The van der Waals surface area contributed by atoms with Crippen molar-refractivity contribution in [3.63, 3.8) is 0 Å². The Morgan fingerprint density at radius 1 is 1.00 bits per heavy atom. The van der Waals surface area contributed by atoms with Crippen molar-refractivity contribution in [2.24, 2.45) is 0 Å². The van der Waals surface area contributed by atoms with Crippen molar-refractivity contribution >= 4 is 23.4 Å². The van der Waals surface area contributed by atoms with Crippen LogP contribution in [0.4, 0.5) is 18.9 Å². The Morgan fingerprint density at radius 2 is 1.71 bits per heavy atom. The van der Waals surface area contributed by atoms with Gasteiger partial charge in [-0.15, -0.1) is 0 Å². The van der Waals surface area contributed by atoms with Crippen molar-refractivity contribution in [2.45, 2.75) is 6.18 Å². The fraction of sp³-hybridized carbons (Fsp3) is 0.0625. The number of hydrogen-bond donors (Lipinski definition) is 2. The number of alkyl halides is 3. The van der Waals surface area contributed by atoms with Gasteiger partial charge in [0.2, 0.25) is 0 Å². The van der Waals surface area contributed by atoms with Crippen LogP contribution in [0.15, 0.2) is 42.5 Å². The standard InChI is InChI=1S/C16H9F3N2O3/c17-16(18,19)9-4-1-3-8(7-9)13(22)20-11-6-2-5-10-12(11)15(24)21-14(10)23/h1-7H,(H,20,22)(H,21,23,24). The third-order valence-corrected chi connectivity index (χ3v) is 3.46. The molecular weight excluding hydrogens is 325 g/mol. The average Bonchev–Trinajstić information content (AvgIpc) is 2.82. The van der Waals surface area contributed by atoms with Crippen molar-refractivity contribution in [1.82, 2.24) is 5.32 Å². The number of nitrogens with one attached hydrogen (secondary N) is 2. The van der Waals surface area contributed by atoms with Gasteiger partial charge >= 0.3 is 6.18 Å². The first-order chi connectivity index (χ1) is 11.3. The zero-order valence-corrected chi connectivity index (χ0v) is 11.9. The van der Waals surface area contributed by atoms with Crippen LogP contribution in [-0.4, -0.2) is 17.7 Å². The maximum absolute atomic E-state index is 12.7. The summed E-state index contributed by atoms with van der Waals surface area (Å²) in [5, 5.41) is 4.46. The Hall–Kier alpha value is -3.16. The molecule has 0 bridgehead atoms. The number of rotatable bonds is 2. The molecule has 3 rings (SSSR count). The summed E-state index contributed by atoms with van der Waals surface area (Å²) in [6.45, 7) is 0. The predicted molar refractivity (Wildman–Crippen MR) is 77.6 cm³/mol. The summed E-state index contributed by atoms with van der Waals surface area (Å²) in [6, 6.07) is 8.16. The number of amides is 3. The molecule has 1 aliphatic heterocycles. The average molecular weight is 334 g/mol. The fourth-order valence-corrected chi connectivity index (χ4v) is 2.35. The number of carbonyl (C=O) groups is 3. The lowest BCUT2D eigenvalue weighted by Gasteiger charge is -2.10. The summed E-state index contributed by atoms with van der Waals surface area (Å²) in [7, 11) is 0. The second-order valence-corrected chi connectivity index (χ2v) is 5.04. The summed E-state index contributed by atoms with van der Waals surface area (Å²) in [6.07, 6.45) is -4.57. The Kier molecular flexibility index (Phi) is 3.59. The molecule has 5 nitrogen and oxygen atoms in total. The quantitative estimate of drug-likeness (QED) is 0.829. The maximum Gasteiger partial charge on any atom is 0.416 e. The Bertz CT molecular complexity index is 875. The number of benzene rings is 2. The zero-order valence-electron chi connectivity index (χ0n) is 11.9. The molecule has 0 fully saturated rings. The minimum Gasteiger partial charge on any atom is -0.321 e. The van der Waals surface area contributed by atoms with E-state index < -0.39 is 29.5 Å². The molecule has 0 radical (unpaired) electrons. The largest absolute Gasteiger partial charge is 0.416 e. The Morgan fingerprint density at radius 3 is 2.42 bits per heavy atom. The lowest BCUT2D eigenvalue weighted by Crippen LogP contribution is -2.21. The fourth-order valence-electron chi connectivity index (χ4n) is 2.35. The van der Waals surface area contributed by atoms with Crippen molar-refractivity contribution < 1.29 is 27.6 Å². The van der Waals surface area contributed by atoms with E-state index in [9.17, 15) is 27.6 Å². The van der Waals surface area contributed by atoms with Crippen molar-refractivity contribution in [1.29, 1.82) is 0 Å². The van der Waals surface area contributed by atoms with E-state index in [0.717, 1.165) is 12.1 Å². The molecule has 0 saturated heterocycles. The van der Waals surface area contributed by atoms with E-state index in [-0.39, 0.29) is 22.4 Å². The number of carbonyl (C=O) groups excluding carboxylic acids is 3. The van der Waals surface area contributed by atoms with Crippen molar-refractivity contribution in [2.75, 3.05) is 5.32 Å². The molecule has 0 saturated carbocycles. The molecule has 0 aliphatic carbocycles. The van der Waals surface area contributed by atoms with E-state index in [2.05, 4.69) is 10.6 Å². The van der Waals surface area contributed by atoms with Crippen LogP contribution in [-0.2, 0) is 6.18 Å². The summed E-state index contributed by atoms with van der Waals surface area (Å²) < 4.78 is 38.1. The van der Waals surface area contributed by atoms with Crippen LogP contribution >= 0.6 is 0 Å². The van der Waals surface area contributed by atoms with Crippen LogP contribution in [0, 0.1) is 0 Å². The summed E-state index contributed by atoms with van der Waals surface area (Å²) in [4.78, 5) is 35.5. The first-order valence-electron chi connectivity index (χ1n) is 6.74. The van der Waals surface area contributed by atoms with Crippen LogP contribution in [0.5, 0.6) is 0 Å². The van der Waals surface area contributed by atoms with Gasteiger partial charge in [-0.05, 0) is 30.3 Å². The number of halogens is 3. The van der Waals surface area contributed by atoms with Crippen LogP contribution in [0.1, 0.15) is 36.6 Å². The van der Waals surface area contributed by atoms with Crippen molar-refractivity contribution in [3.8, 4) is 0 Å². The first-order valence-corrected chi connectivity index (χ1v) is 6.74. The van der Waals surface area contributed by atoms with E-state index in [1.54, 1.807) is 0 Å². The molecule has 122 valence electrons. The maximum atomic E-state index is 12.7. The summed E-state index contributed by atoms with van der Waals surface area (Å²) in [5.41, 5.74) is -1.03. The van der Waals surface area contributed by atoms with Crippen molar-refractivity contribution in [3.05, 3.63) is 64.7 Å². The van der Waals surface area contributed by atoms with Crippen LogP contribution in [0.2, 0.25) is 0 Å². The van der Waals surface area contributed by atoms with Gasteiger partial charge in [0.1, 0.15) is 0 Å². The lowest BCUT2D eigenvalue weighted by molar-refractivity contribution is -0.137. The number of imide groups is 1. The van der Waals surface area contributed by atoms with Crippen LogP contribution < -0.4 is 10.6 Å². The van der Waals surface area contributed by atoms with E-state index in [1.165, 1.54) is 24.3 Å². The molecule has 2 aromatic carbocycles. The van der Waals surface area contributed by atoms with Gasteiger partial charge in [-0.25, -0.2) is 0 Å². The van der Waals surface area contributed by atoms with Gasteiger partial charge in [0, 0.05) is 5.56 Å². The molecule has 2 N–H and O–H groups in total. The molecule has 1 heterocycles. The molecule has 8 heteroatoms. The molecule has 2 aromatic rings. The second-order valence-electron chi connectivity index (χ2n) is 5.04. The Labute approximate surface area is 133 Å². The van der Waals surface area contributed by atoms with Gasteiger partial charge in [0.25, 0.3) is 17.7 Å². The molecule has 0 aromatic heterocycles. The van der Waals surface area contributed by atoms with Gasteiger partial charge < -0.3 is 5.32 Å². The summed E-state index contributed by atoms with van der Waals surface area (Å²) in [5.74, 6) is -2.08. The minimum absolute atomic E-state index is 0.0113. The van der Waals surface area contributed by atoms with Crippen LogP contribution in [0.3, 0.4) is 0 Å². The first kappa shape index (κ1) is 15.7. The predicted octanol–water partition coefficient (Wildman–Crippen LogP) is 2.84. The third kappa shape index (κ3) is 2.73. The molecule has 0 unspecified atom stereocenters. The van der Waals surface area contributed by atoms with Gasteiger partial charge in [-0.2, -0.15) is 13.2 Å². The van der Waals surface area contributed by atoms with Gasteiger partial charge in [0.05, 0.1) is 22.4 Å². The number of hydrogen-bond acceptors (Lipinski definition) is 3. The highest BCUT2D eigenvalue weighted by Crippen LogP contribution is 2.30. The SMILES string of the molecule is O=C(Nc1cccc2c1C(=O)NC2=O)c1cccc(C(F)(F)F)c1. The van der Waals surface area contributed by atoms with Gasteiger partial charge in [-0.1, -0.05) is 12.1 Å². The van der Waals surface area contributed by atoms with E-state index >= 15 is 0 Å². The molecular formula is C16H9F3N2O3. The van der Waals surface area contributed by atoms with Gasteiger partial charge in [-0.3, -0.25) is 19.7 Å². The smallest absolute Gasteiger partial charge is 0.321 e. The summed E-state index contributed by atoms with van der Waals surface area (Å²) >= 11 is 0. The van der Waals surface area contributed by atoms with Gasteiger partial charge in [0.15, 0.2) is 0 Å². The number of fused-ring (bicyclic) bond motifs is 1. The second kappa shape index (κ2) is 5.48. The number of anilines is 1. The Balaban J connectivity index is 1.92. The topological polar surface area (TPSA) is 75.3 Å². The lowest BCUT2D eigenvalue weighted by atomic mass is 10.1. The molecule has 3 amide bonds. The molecule has 0 spiro atoms. The van der Waals surface area contributed by atoms with E-state index in [4.69, 9.17) is 0 Å². The highest BCUT2D eigenvalue weighted by atomic mass is 19.4. The van der Waals surface area contributed by atoms with E-state index in [0.29, 0.717) is 6.07 Å². The highest BCUT2D eigenvalue weighted by Gasteiger charge is 2.32. The molecule has 0 atom stereocenters. The molecule has 1 aliphatic rings. The van der Waals surface area contributed by atoms with Crippen LogP contribution in [0.25, 0.3) is 0 Å². The normalized spacial score (nSPS) is 13.5. The highest BCUT2D eigenvalue weighted by molar-refractivity contribution is 6.25.